The van der Waals surface area contributed by atoms with Crippen LogP contribution in [0.2, 0.25) is 0 Å². The van der Waals surface area contributed by atoms with Gasteiger partial charge in [-0.3, -0.25) is 4.72 Å². The molecule has 1 fully saturated rings. The van der Waals surface area contributed by atoms with Crippen molar-refractivity contribution in [2.75, 3.05) is 34.5 Å². The smallest absolute Gasteiger partial charge is 0.323 e. The summed E-state index contributed by atoms with van der Waals surface area (Å²) in [6.45, 7) is 5.97. The van der Waals surface area contributed by atoms with Gasteiger partial charge in [-0.05, 0) is 48.1 Å². The van der Waals surface area contributed by atoms with Gasteiger partial charge in [-0.25, -0.2) is 18.2 Å². The average Bonchev–Trinajstić information content (AvgIpc) is 3.49. The lowest BCUT2D eigenvalue weighted by Crippen LogP contribution is -2.22. The number of nitrogens with one attached hydrogen (secondary N) is 3. The Hall–Kier alpha value is -4.58. The maximum Gasteiger partial charge on any atom is 0.323 e. The third kappa shape index (κ3) is 6.96. The Bertz CT molecular complexity index is 1810. The predicted molar refractivity (Wildman–Crippen MR) is 174 cm³/mol. The van der Waals surface area contributed by atoms with Crippen LogP contribution < -0.4 is 30.6 Å². The second kappa shape index (κ2) is 12.2. The molecule has 232 valence electrons. The zero-order chi connectivity index (χ0) is 31.6. The van der Waals surface area contributed by atoms with Crippen molar-refractivity contribution in [3.05, 3.63) is 66.1 Å². The van der Waals surface area contributed by atoms with Crippen LogP contribution in [0.5, 0.6) is 17.4 Å². The summed E-state index contributed by atoms with van der Waals surface area (Å²) in [6, 6.07) is 13.9. The minimum Gasteiger partial charge on any atom is -0.492 e. The van der Waals surface area contributed by atoms with Gasteiger partial charge in [0, 0.05) is 16.7 Å². The summed E-state index contributed by atoms with van der Waals surface area (Å²) in [4.78, 5) is 22.5. The van der Waals surface area contributed by atoms with E-state index in [1.54, 1.807) is 30.5 Å². The van der Waals surface area contributed by atoms with Gasteiger partial charge in [0.05, 0.1) is 36.6 Å². The first-order valence-corrected chi connectivity index (χ1v) is 16.3. The molecule has 2 amide bonds. The first-order chi connectivity index (χ1) is 20.8. The van der Waals surface area contributed by atoms with Gasteiger partial charge < -0.3 is 25.8 Å². The number of urea groups is 1. The first-order valence-electron chi connectivity index (χ1n) is 14.4. The Kier molecular flexibility index (Phi) is 8.55. The highest BCUT2D eigenvalue weighted by atomic mass is 32.2. The molecule has 0 atom stereocenters. The largest absolute Gasteiger partial charge is 0.492 e. The van der Waals surface area contributed by atoms with E-state index in [4.69, 9.17) is 15.2 Å². The number of hydrogen-bond acceptors (Lipinski definition) is 8. The average molecular weight is 619 g/mol. The number of carbonyl (C=O) groups excluding carboxylic acids is 1. The summed E-state index contributed by atoms with van der Waals surface area (Å²) < 4.78 is 38.4. The van der Waals surface area contributed by atoms with Gasteiger partial charge >= 0.3 is 6.03 Å². The SMILES string of the molecule is COc1c(NC(=O)Nc2ccc(Oc3nc(C4CCCC4)ncc3N)c3ccccc23)cc(C(C)(C)C)cc1NS(C)(=O)=O. The molecule has 44 heavy (non-hydrogen) atoms. The van der Waals surface area contributed by atoms with Crippen LogP contribution in [0, 0.1) is 0 Å². The third-order valence-corrected chi connectivity index (χ3v) is 8.15. The number of carbonyl (C=O) groups is 1. The van der Waals surface area contributed by atoms with Crippen LogP contribution >= 0.6 is 0 Å². The van der Waals surface area contributed by atoms with Crippen molar-refractivity contribution in [3.63, 3.8) is 0 Å². The van der Waals surface area contributed by atoms with E-state index in [-0.39, 0.29) is 16.9 Å². The molecule has 0 unspecified atom stereocenters. The van der Waals surface area contributed by atoms with Gasteiger partial charge in [0.1, 0.15) is 17.3 Å². The van der Waals surface area contributed by atoms with Crippen molar-refractivity contribution in [1.29, 1.82) is 0 Å². The van der Waals surface area contributed by atoms with E-state index in [0.717, 1.165) is 54.1 Å². The Balaban J connectivity index is 1.43. The molecular weight excluding hydrogens is 580 g/mol. The number of nitrogen functional groups attached to an aromatic ring is 1. The van der Waals surface area contributed by atoms with Crippen molar-refractivity contribution < 1.29 is 22.7 Å². The Morgan fingerprint density at radius 1 is 0.977 bits per heavy atom. The monoisotopic (exact) mass is 618 g/mol. The minimum atomic E-state index is -3.61. The third-order valence-electron chi connectivity index (χ3n) is 7.56. The summed E-state index contributed by atoms with van der Waals surface area (Å²) >= 11 is 0. The summed E-state index contributed by atoms with van der Waals surface area (Å²) in [5.41, 5.74) is 8.06. The number of methoxy groups -OCH3 is 1. The second-order valence-electron chi connectivity index (χ2n) is 12.0. The van der Waals surface area contributed by atoms with Crippen LogP contribution in [-0.4, -0.2) is 37.8 Å². The molecule has 5 rings (SSSR count). The Morgan fingerprint density at radius 3 is 2.30 bits per heavy atom. The van der Waals surface area contributed by atoms with Gasteiger partial charge in [0.2, 0.25) is 15.9 Å². The molecule has 4 aromatic rings. The number of sulfonamides is 1. The molecule has 0 saturated heterocycles. The van der Waals surface area contributed by atoms with Crippen LogP contribution in [0.3, 0.4) is 0 Å². The van der Waals surface area contributed by atoms with E-state index in [9.17, 15) is 13.2 Å². The molecule has 11 nitrogen and oxygen atoms in total. The maximum atomic E-state index is 13.4. The van der Waals surface area contributed by atoms with Crippen LogP contribution in [0.15, 0.2) is 54.7 Å². The van der Waals surface area contributed by atoms with Gasteiger partial charge in [-0.1, -0.05) is 57.9 Å². The molecule has 5 N–H and O–H groups in total. The summed E-state index contributed by atoms with van der Waals surface area (Å²) in [7, 11) is -2.20. The van der Waals surface area contributed by atoms with Crippen LogP contribution in [-0.2, 0) is 15.4 Å². The van der Waals surface area contributed by atoms with E-state index >= 15 is 0 Å². The topological polar surface area (TPSA) is 158 Å². The fraction of sp³-hybridized carbons (Fsp3) is 0.344. The number of benzene rings is 3. The quantitative estimate of drug-likeness (QED) is 0.165. The molecule has 0 aliphatic heterocycles. The zero-order valence-corrected chi connectivity index (χ0v) is 26.3. The first kappa shape index (κ1) is 30.9. The lowest BCUT2D eigenvalue weighted by atomic mass is 9.86. The van der Waals surface area contributed by atoms with Crippen molar-refractivity contribution in [1.82, 2.24) is 9.97 Å². The number of anilines is 4. The lowest BCUT2D eigenvalue weighted by Gasteiger charge is -2.24. The number of fused-ring (bicyclic) bond motifs is 1. The van der Waals surface area contributed by atoms with E-state index in [1.807, 2.05) is 45.0 Å². The summed E-state index contributed by atoms with van der Waals surface area (Å²) in [5, 5.41) is 7.23. The van der Waals surface area contributed by atoms with E-state index in [1.165, 1.54) is 7.11 Å². The number of amides is 2. The fourth-order valence-corrected chi connectivity index (χ4v) is 5.90. The number of nitrogens with two attached hydrogens (primary N) is 1. The van der Waals surface area contributed by atoms with Gasteiger partial charge in [0.15, 0.2) is 5.75 Å². The van der Waals surface area contributed by atoms with Crippen molar-refractivity contribution in [2.24, 2.45) is 0 Å². The summed E-state index contributed by atoms with van der Waals surface area (Å²) in [6.07, 6.45) is 7.08. The summed E-state index contributed by atoms with van der Waals surface area (Å²) in [5.74, 6) is 2.07. The van der Waals surface area contributed by atoms with Crippen LogP contribution in [0.4, 0.5) is 27.5 Å². The number of ether oxygens (including phenoxy) is 2. The number of aromatic nitrogens is 2. The van der Waals surface area contributed by atoms with Gasteiger partial charge in [-0.2, -0.15) is 4.98 Å². The number of hydrogen-bond donors (Lipinski definition) is 4. The molecule has 1 heterocycles. The maximum absolute atomic E-state index is 13.4. The van der Waals surface area contributed by atoms with E-state index in [2.05, 4.69) is 25.3 Å². The number of nitrogens with zero attached hydrogens (tertiary/aromatic N) is 2. The van der Waals surface area contributed by atoms with Gasteiger partial charge in [-0.15, -0.1) is 0 Å². The minimum absolute atomic E-state index is 0.187. The van der Waals surface area contributed by atoms with E-state index in [0.29, 0.717) is 34.6 Å². The fourth-order valence-electron chi connectivity index (χ4n) is 5.35. The molecular formula is C32H38N6O5S. The molecule has 0 bridgehead atoms. The highest BCUT2D eigenvalue weighted by Crippen LogP contribution is 2.40. The van der Waals surface area contributed by atoms with Crippen LogP contribution in [0.25, 0.3) is 10.8 Å². The molecule has 1 saturated carbocycles. The standard InChI is InChI=1S/C32H38N6O5S/c1-32(2,3)20-16-25(28(42-4)26(17-20)38-44(5,40)41)36-31(39)35-24-14-15-27(22-13-9-8-12-21(22)24)43-30-23(33)18-34-29(37-30)19-10-6-7-11-19/h8-9,12-19,38H,6-7,10-11,33H2,1-5H3,(H2,35,36,39). The Morgan fingerprint density at radius 2 is 1.64 bits per heavy atom. The molecule has 1 aromatic heterocycles. The van der Waals surface area contributed by atoms with Crippen LogP contribution in [0.1, 0.15) is 63.8 Å². The molecule has 0 spiro atoms. The van der Waals surface area contributed by atoms with Crippen molar-refractivity contribution in [3.8, 4) is 17.4 Å². The van der Waals surface area contributed by atoms with Crippen molar-refractivity contribution >= 4 is 49.6 Å². The zero-order valence-electron chi connectivity index (χ0n) is 25.5. The molecule has 1 aliphatic rings. The molecule has 12 heteroatoms. The Labute approximate surface area is 257 Å². The molecule has 3 aromatic carbocycles. The van der Waals surface area contributed by atoms with Gasteiger partial charge in [0.25, 0.3) is 0 Å². The highest BCUT2D eigenvalue weighted by molar-refractivity contribution is 7.92. The molecule has 1 aliphatic carbocycles. The second-order valence-corrected chi connectivity index (χ2v) is 13.8. The normalized spacial score (nSPS) is 13.9. The molecule has 0 radical (unpaired) electrons. The lowest BCUT2D eigenvalue weighted by molar-refractivity contribution is 0.262. The van der Waals surface area contributed by atoms with E-state index < -0.39 is 16.1 Å². The highest BCUT2D eigenvalue weighted by Gasteiger charge is 2.24. The van der Waals surface area contributed by atoms with Crippen molar-refractivity contribution in [2.45, 2.75) is 57.8 Å². The number of rotatable bonds is 8. The predicted octanol–water partition coefficient (Wildman–Crippen LogP) is 6.98.